The van der Waals surface area contributed by atoms with Crippen LogP contribution < -0.4 is 5.73 Å². The molecule has 0 saturated carbocycles. The number of benzene rings is 1. The Labute approximate surface area is 132 Å². The van der Waals surface area contributed by atoms with E-state index in [4.69, 9.17) is 10.5 Å². The number of carbonyl (C=O) groups excluding carboxylic acids is 1. The molecule has 1 aromatic heterocycles. The van der Waals surface area contributed by atoms with Gasteiger partial charge in [0.1, 0.15) is 11.6 Å². The number of fused-ring (bicyclic) bond motifs is 1. The van der Waals surface area contributed by atoms with Gasteiger partial charge in [-0.15, -0.1) is 0 Å². The predicted molar refractivity (Wildman–Crippen MR) is 89.7 cm³/mol. The first-order valence-electron chi connectivity index (χ1n) is 7.75. The summed E-state index contributed by atoms with van der Waals surface area (Å²) in [5.41, 5.74) is 7.86. The summed E-state index contributed by atoms with van der Waals surface area (Å²) in [5, 5.41) is 1.11. The Morgan fingerprint density at radius 2 is 1.86 bits per heavy atom. The average Bonchev–Trinajstić information content (AvgIpc) is 2.81. The van der Waals surface area contributed by atoms with Gasteiger partial charge in [0, 0.05) is 23.0 Å². The van der Waals surface area contributed by atoms with E-state index in [0.717, 1.165) is 16.5 Å². The lowest BCUT2D eigenvalue weighted by molar-refractivity contribution is -0.157. The molecule has 22 heavy (non-hydrogen) atoms. The van der Waals surface area contributed by atoms with Crippen LogP contribution in [0.25, 0.3) is 10.9 Å². The third-order valence-corrected chi connectivity index (χ3v) is 3.76. The Morgan fingerprint density at radius 3 is 2.45 bits per heavy atom. The highest BCUT2D eigenvalue weighted by Gasteiger charge is 2.33. The molecule has 2 atom stereocenters. The van der Waals surface area contributed by atoms with E-state index in [0.29, 0.717) is 0 Å². The molecule has 0 spiro atoms. The Bertz CT molecular complexity index is 652. The van der Waals surface area contributed by atoms with Crippen LogP contribution in [0.4, 0.5) is 0 Å². The van der Waals surface area contributed by atoms with Gasteiger partial charge in [-0.1, -0.05) is 32.0 Å². The first-order valence-corrected chi connectivity index (χ1v) is 7.75. The van der Waals surface area contributed by atoms with E-state index < -0.39 is 11.6 Å². The Hall–Kier alpha value is -1.81. The predicted octanol–water partition coefficient (Wildman–Crippen LogP) is 3.58. The maximum atomic E-state index is 12.4. The van der Waals surface area contributed by atoms with Crippen LogP contribution in [0.2, 0.25) is 0 Å². The second-order valence-electron chi connectivity index (χ2n) is 7.12. The standard InChI is InChI=1S/C18H26N2O2/c1-11(2)15(16(19)17(21)22-18(3,4)5)13-10-20-14-9-7-6-8-12(13)14/h6-11,15-16,20H,19H2,1-5H3/t15-,16+/m1/s1. The van der Waals surface area contributed by atoms with Crippen molar-refractivity contribution in [2.24, 2.45) is 11.7 Å². The van der Waals surface area contributed by atoms with E-state index in [9.17, 15) is 4.79 Å². The Morgan fingerprint density at radius 1 is 1.23 bits per heavy atom. The molecular formula is C18H26N2O2. The summed E-state index contributed by atoms with van der Waals surface area (Å²) in [6.45, 7) is 9.72. The van der Waals surface area contributed by atoms with E-state index in [2.05, 4.69) is 24.9 Å². The number of hydrogen-bond donors (Lipinski definition) is 2. The zero-order chi connectivity index (χ0) is 16.5. The van der Waals surface area contributed by atoms with Crippen LogP contribution in [-0.2, 0) is 9.53 Å². The molecule has 3 N–H and O–H groups in total. The van der Waals surface area contributed by atoms with Crippen molar-refractivity contribution in [1.82, 2.24) is 4.98 Å². The van der Waals surface area contributed by atoms with Crippen molar-refractivity contribution in [2.45, 2.75) is 52.2 Å². The van der Waals surface area contributed by atoms with Crippen molar-refractivity contribution in [3.8, 4) is 0 Å². The molecule has 0 saturated heterocycles. The Balaban J connectivity index is 2.36. The molecule has 1 heterocycles. The van der Waals surface area contributed by atoms with Crippen molar-refractivity contribution in [3.05, 3.63) is 36.0 Å². The number of esters is 1. The Kier molecular flexibility index (Phi) is 4.61. The molecule has 2 rings (SSSR count). The van der Waals surface area contributed by atoms with E-state index in [1.54, 1.807) is 0 Å². The van der Waals surface area contributed by atoms with Gasteiger partial charge in [-0.05, 0) is 38.3 Å². The number of carbonyl (C=O) groups is 1. The van der Waals surface area contributed by atoms with Crippen molar-refractivity contribution < 1.29 is 9.53 Å². The van der Waals surface area contributed by atoms with Crippen LogP contribution in [0.3, 0.4) is 0 Å². The van der Waals surface area contributed by atoms with Crippen LogP contribution in [0.15, 0.2) is 30.5 Å². The van der Waals surface area contributed by atoms with Gasteiger partial charge in [0.05, 0.1) is 0 Å². The fourth-order valence-corrected chi connectivity index (χ4v) is 2.85. The van der Waals surface area contributed by atoms with Crippen LogP contribution in [0.5, 0.6) is 0 Å². The number of para-hydroxylation sites is 1. The summed E-state index contributed by atoms with van der Waals surface area (Å²) in [4.78, 5) is 15.6. The molecule has 0 unspecified atom stereocenters. The summed E-state index contributed by atoms with van der Waals surface area (Å²) < 4.78 is 5.47. The van der Waals surface area contributed by atoms with Gasteiger partial charge in [-0.25, -0.2) is 0 Å². The number of ether oxygens (including phenoxy) is 1. The molecule has 1 aromatic carbocycles. The molecule has 0 fully saturated rings. The second kappa shape index (κ2) is 6.13. The van der Waals surface area contributed by atoms with Gasteiger partial charge in [-0.2, -0.15) is 0 Å². The third-order valence-electron chi connectivity index (χ3n) is 3.76. The minimum absolute atomic E-state index is 0.0917. The molecule has 120 valence electrons. The maximum Gasteiger partial charge on any atom is 0.324 e. The van der Waals surface area contributed by atoms with Gasteiger partial charge in [0.15, 0.2) is 0 Å². The van der Waals surface area contributed by atoms with Gasteiger partial charge in [-0.3, -0.25) is 4.79 Å². The van der Waals surface area contributed by atoms with Crippen LogP contribution in [0, 0.1) is 5.92 Å². The highest BCUT2D eigenvalue weighted by atomic mass is 16.6. The monoisotopic (exact) mass is 302 g/mol. The maximum absolute atomic E-state index is 12.4. The molecule has 4 heteroatoms. The highest BCUT2D eigenvalue weighted by Crippen LogP contribution is 2.33. The number of aromatic nitrogens is 1. The number of nitrogens with two attached hydrogens (primary N) is 1. The zero-order valence-electron chi connectivity index (χ0n) is 14.0. The molecule has 2 aromatic rings. The summed E-state index contributed by atoms with van der Waals surface area (Å²) in [5.74, 6) is -0.218. The van der Waals surface area contributed by atoms with Gasteiger partial charge < -0.3 is 15.5 Å². The first-order chi connectivity index (χ1) is 10.2. The SMILES string of the molecule is CC(C)[C@H](c1c[nH]c2ccccc12)[C@H](N)C(=O)OC(C)(C)C. The number of hydrogen-bond acceptors (Lipinski definition) is 3. The highest BCUT2D eigenvalue weighted by molar-refractivity contribution is 5.85. The van der Waals surface area contributed by atoms with E-state index in [1.165, 1.54) is 0 Å². The van der Waals surface area contributed by atoms with Crippen molar-refractivity contribution in [2.75, 3.05) is 0 Å². The topological polar surface area (TPSA) is 68.1 Å². The normalized spacial score (nSPS) is 15.0. The second-order valence-corrected chi connectivity index (χ2v) is 7.12. The summed E-state index contributed by atoms with van der Waals surface area (Å²) in [6, 6.07) is 7.38. The molecule has 0 aliphatic heterocycles. The number of rotatable bonds is 4. The fraction of sp³-hybridized carbons (Fsp3) is 0.500. The molecule has 0 aliphatic rings. The van der Waals surface area contributed by atoms with Crippen LogP contribution in [0.1, 0.15) is 46.1 Å². The summed E-state index contributed by atoms with van der Waals surface area (Å²) >= 11 is 0. The molecule has 0 bridgehead atoms. The first kappa shape index (κ1) is 16.6. The van der Waals surface area contributed by atoms with Crippen LogP contribution >= 0.6 is 0 Å². The molecular weight excluding hydrogens is 276 g/mol. The zero-order valence-corrected chi connectivity index (χ0v) is 14.0. The van der Waals surface area contributed by atoms with Gasteiger partial charge in [0.2, 0.25) is 0 Å². The van der Waals surface area contributed by atoms with Gasteiger partial charge >= 0.3 is 5.97 Å². The molecule has 4 nitrogen and oxygen atoms in total. The lowest BCUT2D eigenvalue weighted by Gasteiger charge is -2.29. The number of nitrogens with one attached hydrogen (secondary N) is 1. The van der Waals surface area contributed by atoms with Crippen molar-refractivity contribution in [3.63, 3.8) is 0 Å². The quantitative estimate of drug-likeness (QED) is 0.848. The van der Waals surface area contributed by atoms with Crippen molar-refractivity contribution in [1.29, 1.82) is 0 Å². The van der Waals surface area contributed by atoms with E-state index in [1.807, 2.05) is 45.2 Å². The smallest absolute Gasteiger partial charge is 0.324 e. The molecule has 0 aliphatic carbocycles. The molecule has 0 radical (unpaired) electrons. The largest absolute Gasteiger partial charge is 0.459 e. The lowest BCUT2D eigenvalue weighted by Crippen LogP contribution is -2.43. The summed E-state index contributed by atoms with van der Waals surface area (Å²) in [6.07, 6.45) is 1.96. The van der Waals surface area contributed by atoms with Crippen molar-refractivity contribution >= 4 is 16.9 Å². The molecule has 0 amide bonds. The fourth-order valence-electron chi connectivity index (χ4n) is 2.85. The summed E-state index contributed by atoms with van der Waals surface area (Å²) in [7, 11) is 0. The van der Waals surface area contributed by atoms with E-state index >= 15 is 0 Å². The number of aromatic amines is 1. The minimum Gasteiger partial charge on any atom is -0.459 e. The average molecular weight is 302 g/mol. The van der Waals surface area contributed by atoms with Crippen LogP contribution in [-0.4, -0.2) is 22.6 Å². The number of H-pyrrole nitrogens is 1. The third kappa shape index (κ3) is 3.50. The van der Waals surface area contributed by atoms with Gasteiger partial charge in [0.25, 0.3) is 0 Å². The van der Waals surface area contributed by atoms with E-state index in [-0.39, 0.29) is 17.8 Å². The minimum atomic E-state index is -0.682. The lowest BCUT2D eigenvalue weighted by atomic mass is 9.82.